The number of halogens is 2. The maximum Gasteiger partial charge on any atom is 0.246 e. The summed E-state index contributed by atoms with van der Waals surface area (Å²) in [5, 5.41) is 0. The van der Waals surface area contributed by atoms with Crippen LogP contribution in [0.3, 0.4) is 0 Å². The summed E-state index contributed by atoms with van der Waals surface area (Å²) in [5.74, 6) is 0.343. The average Bonchev–Trinajstić information content (AvgIpc) is 2.28. The highest BCUT2D eigenvalue weighted by molar-refractivity contribution is 7.89. The van der Waals surface area contributed by atoms with Crippen LogP contribution < -0.4 is 0 Å². The fourth-order valence-corrected chi connectivity index (χ4v) is 2.72. The fraction of sp³-hybridized carbons (Fsp3) is 0.273. The molecular formula is C11H11F2NO2S. The summed E-state index contributed by atoms with van der Waals surface area (Å²) in [7, 11) is -4.09. The van der Waals surface area contributed by atoms with Crippen LogP contribution in [0.2, 0.25) is 0 Å². The van der Waals surface area contributed by atoms with Crippen LogP contribution >= 0.6 is 0 Å². The third-order valence-electron chi connectivity index (χ3n) is 2.13. The van der Waals surface area contributed by atoms with Crippen molar-refractivity contribution in [3.63, 3.8) is 0 Å². The smallest absolute Gasteiger partial charge is 0.207 e. The van der Waals surface area contributed by atoms with Crippen LogP contribution in [0.1, 0.15) is 6.92 Å². The molecule has 0 aliphatic carbocycles. The maximum atomic E-state index is 13.4. The first-order valence-electron chi connectivity index (χ1n) is 4.82. The normalized spacial score (nSPS) is 11.5. The summed E-state index contributed by atoms with van der Waals surface area (Å²) in [5.41, 5.74) is 0. The zero-order valence-corrected chi connectivity index (χ0v) is 9.97. The Morgan fingerprint density at radius 2 is 2.06 bits per heavy atom. The van der Waals surface area contributed by atoms with Gasteiger partial charge in [-0.1, -0.05) is 12.8 Å². The van der Waals surface area contributed by atoms with E-state index in [0.29, 0.717) is 6.07 Å². The van der Waals surface area contributed by atoms with Crippen molar-refractivity contribution < 1.29 is 17.2 Å². The minimum absolute atomic E-state index is 0.0858. The Hall–Kier alpha value is -1.45. The van der Waals surface area contributed by atoms with E-state index in [1.807, 2.05) is 0 Å². The molecule has 0 unspecified atom stereocenters. The molecule has 0 saturated heterocycles. The lowest BCUT2D eigenvalue weighted by molar-refractivity contribution is 0.456. The number of nitrogens with zero attached hydrogens (tertiary/aromatic N) is 1. The van der Waals surface area contributed by atoms with E-state index in [9.17, 15) is 17.2 Å². The molecule has 0 atom stereocenters. The molecule has 0 radical (unpaired) electrons. The van der Waals surface area contributed by atoms with Crippen molar-refractivity contribution >= 4 is 10.0 Å². The van der Waals surface area contributed by atoms with Gasteiger partial charge in [-0.2, -0.15) is 4.31 Å². The predicted molar refractivity (Wildman–Crippen MR) is 59.6 cm³/mol. The van der Waals surface area contributed by atoms with Crippen molar-refractivity contribution in [1.29, 1.82) is 0 Å². The first-order valence-corrected chi connectivity index (χ1v) is 6.26. The second kappa shape index (κ2) is 5.25. The second-order valence-corrected chi connectivity index (χ2v) is 5.12. The van der Waals surface area contributed by atoms with E-state index >= 15 is 0 Å². The summed E-state index contributed by atoms with van der Waals surface area (Å²) in [4.78, 5) is -0.699. The predicted octanol–water partition coefficient (Wildman–Crippen LogP) is 1.61. The highest BCUT2D eigenvalue weighted by Crippen LogP contribution is 2.19. The van der Waals surface area contributed by atoms with Crippen LogP contribution in [0.4, 0.5) is 8.78 Å². The van der Waals surface area contributed by atoms with Gasteiger partial charge in [0, 0.05) is 6.54 Å². The summed E-state index contributed by atoms with van der Waals surface area (Å²) in [6, 6.07) is 2.27. The highest BCUT2D eigenvalue weighted by atomic mass is 32.2. The first-order chi connectivity index (χ1) is 7.93. The van der Waals surface area contributed by atoms with Gasteiger partial charge >= 0.3 is 0 Å². The van der Waals surface area contributed by atoms with Crippen LogP contribution in [0, 0.1) is 24.0 Å². The molecule has 0 N–H and O–H groups in total. The van der Waals surface area contributed by atoms with E-state index in [2.05, 4.69) is 5.92 Å². The van der Waals surface area contributed by atoms with Crippen LogP contribution in [-0.4, -0.2) is 25.8 Å². The Bertz CT molecular complexity index is 549. The largest absolute Gasteiger partial charge is 0.246 e. The van der Waals surface area contributed by atoms with Gasteiger partial charge in [0.25, 0.3) is 0 Å². The van der Waals surface area contributed by atoms with Crippen molar-refractivity contribution in [2.24, 2.45) is 0 Å². The third kappa shape index (κ3) is 2.81. The molecule has 0 fully saturated rings. The third-order valence-corrected chi connectivity index (χ3v) is 4.07. The molecule has 0 aliphatic heterocycles. The van der Waals surface area contributed by atoms with Crippen molar-refractivity contribution in [3.8, 4) is 12.3 Å². The molecule has 1 aromatic rings. The molecule has 6 heteroatoms. The van der Waals surface area contributed by atoms with E-state index in [0.717, 1.165) is 16.4 Å². The van der Waals surface area contributed by atoms with Crippen molar-refractivity contribution in [3.05, 3.63) is 29.8 Å². The Balaban J connectivity index is 3.30. The molecule has 0 heterocycles. The van der Waals surface area contributed by atoms with E-state index in [1.54, 1.807) is 6.92 Å². The maximum absolute atomic E-state index is 13.4. The zero-order chi connectivity index (χ0) is 13.1. The van der Waals surface area contributed by atoms with Gasteiger partial charge in [-0.15, -0.1) is 6.42 Å². The van der Waals surface area contributed by atoms with Gasteiger partial charge in [0.2, 0.25) is 10.0 Å². The highest BCUT2D eigenvalue weighted by Gasteiger charge is 2.26. The van der Waals surface area contributed by atoms with Crippen molar-refractivity contribution in [2.75, 3.05) is 13.1 Å². The molecule has 0 saturated carbocycles. The van der Waals surface area contributed by atoms with Crippen molar-refractivity contribution in [1.82, 2.24) is 4.31 Å². The Kier molecular flexibility index (Phi) is 4.21. The average molecular weight is 259 g/mol. The molecule has 1 rings (SSSR count). The number of sulfonamides is 1. The second-order valence-electron chi connectivity index (χ2n) is 3.21. The van der Waals surface area contributed by atoms with Gasteiger partial charge in [-0.25, -0.2) is 17.2 Å². The summed E-state index contributed by atoms with van der Waals surface area (Å²) >= 11 is 0. The van der Waals surface area contributed by atoms with Gasteiger partial charge in [0.1, 0.15) is 16.5 Å². The SMILES string of the molecule is C#CCN(CC)S(=O)(=O)c1cc(F)ccc1F. The lowest BCUT2D eigenvalue weighted by Gasteiger charge is -2.18. The Morgan fingerprint density at radius 1 is 1.41 bits per heavy atom. The topological polar surface area (TPSA) is 37.4 Å². The first kappa shape index (κ1) is 13.6. The van der Waals surface area contributed by atoms with Gasteiger partial charge in [0.15, 0.2) is 0 Å². The van der Waals surface area contributed by atoms with Gasteiger partial charge in [0.05, 0.1) is 6.54 Å². The molecule has 1 aromatic carbocycles. The minimum atomic E-state index is -4.09. The fourth-order valence-electron chi connectivity index (χ4n) is 1.28. The molecule has 0 aromatic heterocycles. The van der Waals surface area contributed by atoms with Crippen LogP contribution in [0.25, 0.3) is 0 Å². The number of rotatable bonds is 4. The number of hydrogen-bond acceptors (Lipinski definition) is 2. The molecule has 0 bridgehead atoms. The van der Waals surface area contributed by atoms with Crippen molar-refractivity contribution in [2.45, 2.75) is 11.8 Å². The molecule has 0 amide bonds. The molecular weight excluding hydrogens is 248 g/mol. The standard InChI is InChI=1S/C11H11F2NO2S/c1-3-7-14(4-2)17(15,16)11-8-9(12)5-6-10(11)13/h1,5-6,8H,4,7H2,2H3. The Morgan fingerprint density at radius 3 is 2.59 bits per heavy atom. The van der Waals surface area contributed by atoms with Crippen LogP contribution in [0.15, 0.2) is 23.1 Å². The van der Waals surface area contributed by atoms with E-state index in [4.69, 9.17) is 6.42 Å². The lowest BCUT2D eigenvalue weighted by Crippen LogP contribution is -2.31. The van der Waals surface area contributed by atoms with Gasteiger partial charge in [-0.05, 0) is 18.2 Å². The van der Waals surface area contributed by atoms with E-state index < -0.39 is 26.6 Å². The Labute approximate surface area is 99.1 Å². The minimum Gasteiger partial charge on any atom is -0.207 e. The molecule has 92 valence electrons. The zero-order valence-electron chi connectivity index (χ0n) is 9.15. The van der Waals surface area contributed by atoms with Crippen LogP contribution in [0.5, 0.6) is 0 Å². The van der Waals surface area contributed by atoms with E-state index in [-0.39, 0.29) is 13.1 Å². The van der Waals surface area contributed by atoms with Gasteiger partial charge in [-0.3, -0.25) is 0 Å². The monoisotopic (exact) mass is 259 g/mol. The van der Waals surface area contributed by atoms with Crippen LogP contribution in [-0.2, 0) is 10.0 Å². The number of terminal acetylenes is 1. The van der Waals surface area contributed by atoms with E-state index in [1.165, 1.54) is 0 Å². The van der Waals surface area contributed by atoms with Gasteiger partial charge < -0.3 is 0 Å². The molecule has 17 heavy (non-hydrogen) atoms. The molecule has 0 aliphatic rings. The number of hydrogen-bond donors (Lipinski definition) is 0. The number of benzene rings is 1. The molecule has 3 nitrogen and oxygen atoms in total. The lowest BCUT2D eigenvalue weighted by atomic mass is 10.3. The summed E-state index contributed by atoms with van der Waals surface area (Å²) in [6.07, 6.45) is 5.02. The summed E-state index contributed by atoms with van der Waals surface area (Å²) < 4.78 is 51.1. The quantitative estimate of drug-likeness (QED) is 0.770. The summed E-state index contributed by atoms with van der Waals surface area (Å²) in [6.45, 7) is 1.46. The molecule has 0 spiro atoms.